The van der Waals surface area contributed by atoms with E-state index in [1.165, 1.54) is 0 Å². The number of hydrogen-bond acceptors (Lipinski definition) is 3. The number of aliphatic hydroxyl groups excluding tert-OH is 1. The Kier molecular flexibility index (Phi) is 5.78. The Morgan fingerprint density at radius 1 is 1.43 bits per heavy atom. The van der Waals surface area contributed by atoms with Gasteiger partial charge in [-0.3, -0.25) is 0 Å². The van der Waals surface area contributed by atoms with Gasteiger partial charge in [-0.2, -0.15) is 0 Å². The van der Waals surface area contributed by atoms with Gasteiger partial charge in [0, 0.05) is 7.11 Å². The van der Waals surface area contributed by atoms with E-state index in [9.17, 15) is 5.11 Å². The van der Waals surface area contributed by atoms with Gasteiger partial charge in [0.1, 0.15) is 0 Å². The molecule has 1 N–H and O–H groups in total. The lowest BCUT2D eigenvalue weighted by Gasteiger charge is -2.28. The van der Waals surface area contributed by atoms with Crippen LogP contribution in [0.25, 0.3) is 0 Å². The fourth-order valence-electron chi connectivity index (χ4n) is 1.76. The van der Waals surface area contributed by atoms with E-state index in [2.05, 4.69) is 0 Å². The summed E-state index contributed by atoms with van der Waals surface area (Å²) in [5.74, 6) is 0.237. The predicted octanol–water partition coefficient (Wildman–Crippen LogP) is 1.56. The first-order valence-corrected chi connectivity index (χ1v) is 5.68. The van der Waals surface area contributed by atoms with Crippen molar-refractivity contribution in [3.8, 4) is 0 Å². The summed E-state index contributed by atoms with van der Waals surface area (Å²) in [5.41, 5.74) is 0. The molecule has 0 aromatic heterocycles. The maximum Gasteiger partial charge on any atom is 0.0908 e. The Hall–Kier alpha value is 0.170. The molecule has 0 heterocycles. The summed E-state index contributed by atoms with van der Waals surface area (Å²) in [4.78, 5) is 0. The molecular formula is C10H19ClO3. The summed E-state index contributed by atoms with van der Waals surface area (Å²) < 4.78 is 10.8. The van der Waals surface area contributed by atoms with Crippen LogP contribution in [0.2, 0.25) is 0 Å². The van der Waals surface area contributed by atoms with Gasteiger partial charge in [0.15, 0.2) is 0 Å². The highest BCUT2D eigenvalue weighted by Gasteiger charge is 2.22. The van der Waals surface area contributed by atoms with E-state index >= 15 is 0 Å². The molecule has 3 atom stereocenters. The fourth-order valence-corrected chi connectivity index (χ4v) is 1.85. The molecular weight excluding hydrogens is 204 g/mol. The van der Waals surface area contributed by atoms with Crippen molar-refractivity contribution in [2.45, 2.75) is 44.0 Å². The predicted molar refractivity (Wildman–Crippen MR) is 55.7 cm³/mol. The molecule has 0 aromatic rings. The van der Waals surface area contributed by atoms with Crippen LogP contribution in [0.3, 0.4) is 0 Å². The fraction of sp³-hybridized carbons (Fsp3) is 1.00. The molecule has 3 nitrogen and oxygen atoms in total. The van der Waals surface area contributed by atoms with Crippen LogP contribution >= 0.6 is 11.6 Å². The molecule has 1 aliphatic carbocycles. The summed E-state index contributed by atoms with van der Waals surface area (Å²) in [5, 5.41) is 9.22. The zero-order valence-electron chi connectivity index (χ0n) is 8.62. The second-order valence-electron chi connectivity index (χ2n) is 3.79. The second kappa shape index (κ2) is 6.62. The van der Waals surface area contributed by atoms with Crippen LogP contribution in [0.1, 0.15) is 25.7 Å². The van der Waals surface area contributed by atoms with E-state index in [0.717, 1.165) is 25.7 Å². The molecule has 0 saturated heterocycles. The van der Waals surface area contributed by atoms with Gasteiger partial charge in [-0.15, -0.1) is 11.6 Å². The maximum atomic E-state index is 9.22. The minimum Gasteiger partial charge on any atom is -0.389 e. The van der Waals surface area contributed by atoms with Crippen molar-refractivity contribution in [2.24, 2.45) is 0 Å². The number of aliphatic hydroxyl groups is 1. The van der Waals surface area contributed by atoms with Crippen molar-refractivity contribution < 1.29 is 14.6 Å². The standard InChI is InChI=1S/C10H19ClO3/c1-13-9-3-2-4-10(5-9)14-7-8(12)6-11/h8-10,12H,2-7H2,1H3. The first kappa shape index (κ1) is 12.2. The van der Waals surface area contributed by atoms with Crippen LogP contribution in [0.5, 0.6) is 0 Å². The van der Waals surface area contributed by atoms with Crippen LogP contribution in [0.15, 0.2) is 0 Å². The molecule has 3 unspecified atom stereocenters. The highest BCUT2D eigenvalue weighted by Crippen LogP contribution is 2.23. The molecule has 0 radical (unpaired) electrons. The van der Waals surface area contributed by atoms with Crippen molar-refractivity contribution in [1.29, 1.82) is 0 Å². The lowest BCUT2D eigenvalue weighted by molar-refractivity contribution is -0.0523. The highest BCUT2D eigenvalue weighted by atomic mass is 35.5. The molecule has 84 valence electrons. The average molecular weight is 223 g/mol. The zero-order valence-corrected chi connectivity index (χ0v) is 9.37. The SMILES string of the molecule is COC1CCCC(OCC(O)CCl)C1. The second-order valence-corrected chi connectivity index (χ2v) is 4.10. The first-order valence-electron chi connectivity index (χ1n) is 5.14. The summed E-state index contributed by atoms with van der Waals surface area (Å²) in [6, 6.07) is 0. The van der Waals surface area contributed by atoms with E-state index in [1.807, 2.05) is 0 Å². The van der Waals surface area contributed by atoms with Gasteiger partial charge in [0.25, 0.3) is 0 Å². The van der Waals surface area contributed by atoms with E-state index in [4.69, 9.17) is 21.1 Å². The minimum atomic E-state index is -0.542. The molecule has 1 aliphatic rings. The van der Waals surface area contributed by atoms with Crippen LogP contribution < -0.4 is 0 Å². The van der Waals surface area contributed by atoms with E-state index in [1.54, 1.807) is 7.11 Å². The van der Waals surface area contributed by atoms with Crippen molar-refractivity contribution in [2.75, 3.05) is 19.6 Å². The normalized spacial score (nSPS) is 30.2. The lowest BCUT2D eigenvalue weighted by atomic mass is 9.95. The Morgan fingerprint density at radius 3 is 2.79 bits per heavy atom. The Bertz CT molecular complexity index is 154. The molecule has 0 aromatic carbocycles. The Morgan fingerprint density at radius 2 is 2.14 bits per heavy atom. The molecule has 4 heteroatoms. The molecule has 1 fully saturated rings. The number of halogens is 1. The molecule has 0 spiro atoms. The third kappa shape index (κ3) is 4.13. The van der Waals surface area contributed by atoms with E-state index in [0.29, 0.717) is 12.7 Å². The van der Waals surface area contributed by atoms with Crippen molar-refractivity contribution in [3.05, 3.63) is 0 Å². The van der Waals surface area contributed by atoms with Crippen LogP contribution in [-0.4, -0.2) is 43.0 Å². The number of rotatable bonds is 5. The Balaban J connectivity index is 2.17. The third-order valence-electron chi connectivity index (χ3n) is 2.61. The zero-order chi connectivity index (χ0) is 10.4. The van der Waals surface area contributed by atoms with Crippen LogP contribution in [0, 0.1) is 0 Å². The molecule has 0 amide bonds. The minimum absolute atomic E-state index is 0.228. The van der Waals surface area contributed by atoms with Gasteiger partial charge in [-0.05, 0) is 25.7 Å². The third-order valence-corrected chi connectivity index (χ3v) is 2.97. The molecule has 1 rings (SSSR count). The summed E-state index contributed by atoms with van der Waals surface area (Å²) >= 11 is 5.47. The molecule has 1 saturated carbocycles. The van der Waals surface area contributed by atoms with Crippen molar-refractivity contribution in [3.63, 3.8) is 0 Å². The van der Waals surface area contributed by atoms with Gasteiger partial charge >= 0.3 is 0 Å². The molecule has 0 bridgehead atoms. The van der Waals surface area contributed by atoms with Gasteiger partial charge in [0.05, 0.1) is 30.8 Å². The van der Waals surface area contributed by atoms with Crippen molar-refractivity contribution in [1.82, 2.24) is 0 Å². The van der Waals surface area contributed by atoms with Gasteiger partial charge in [-0.25, -0.2) is 0 Å². The van der Waals surface area contributed by atoms with Gasteiger partial charge in [-0.1, -0.05) is 0 Å². The largest absolute Gasteiger partial charge is 0.389 e. The van der Waals surface area contributed by atoms with Gasteiger partial charge in [0.2, 0.25) is 0 Å². The molecule has 14 heavy (non-hydrogen) atoms. The Labute approximate surface area is 90.3 Å². The number of ether oxygens (including phenoxy) is 2. The lowest BCUT2D eigenvalue weighted by Crippen LogP contribution is -2.30. The highest BCUT2D eigenvalue weighted by molar-refractivity contribution is 6.18. The van der Waals surface area contributed by atoms with Crippen molar-refractivity contribution >= 4 is 11.6 Å². The maximum absolute atomic E-state index is 9.22. The summed E-state index contributed by atoms with van der Waals surface area (Å²) in [6.45, 7) is 0.338. The van der Waals surface area contributed by atoms with Crippen LogP contribution in [-0.2, 0) is 9.47 Å². The quantitative estimate of drug-likeness (QED) is 0.718. The number of methoxy groups -OCH3 is 1. The summed E-state index contributed by atoms with van der Waals surface area (Å²) in [7, 11) is 1.74. The number of alkyl halides is 1. The monoisotopic (exact) mass is 222 g/mol. The van der Waals surface area contributed by atoms with Crippen LogP contribution in [0.4, 0.5) is 0 Å². The molecule has 0 aliphatic heterocycles. The average Bonchev–Trinajstić information content (AvgIpc) is 2.26. The smallest absolute Gasteiger partial charge is 0.0908 e. The summed E-state index contributed by atoms with van der Waals surface area (Å²) in [6.07, 6.45) is 4.27. The van der Waals surface area contributed by atoms with E-state index < -0.39 is 6.10 Å². The van der Waals surface area contributed by atoms with E-state index in [-0.39, 0.29) is 12.0 Å². The topological polar surface area (TPSA) is 38.7 Å². The number of hydrogen-bond donors (Lipinski definition) is 1. The first-order chi connectivity index (χ1) is 6.76. The van der Waals surface area contributed by atoms with Gasteiger partial charge < -0.3 is 14.6 Å².